The lowest BCUT2D eigenvalue weighted by molar-refractivity contribution is 0.00290. The first kappa shape index (κ1) is 15.0. The number of aliphatic hydroxyl groups is 1. The number of nitrogens with two attached hydrogens (primary N) is 1. The van der Waals surface area contributed by atoms with Crippen LogP contribution in [0.25, 0.3) is 0 Å². The van der Waals surface area contributed by atoms with Crippen LogP contribution in [0, 0.1) is 6.92 Å². The molecule has 0 amide bonds. The summed E-state index contributed by atoms with van der Waals surface area (Å²) in [6, 6.07) is 2.41. The number of aryl methyl sites for hydroxylation is 1. The number of hydrogen-bond acceptors (Lipinski definition) is 4. The number of likely N-dealkylation sites (N-methyl/N-ethyl adjacent to an activating group) is 1. The molecule has 1 aromatic heterocycles. The first-order valence-electron chi connectivity index (χ1n) is 7.15. The van der Waals surface area contributed by atoms with Crippen LogP contribution in [-0.4, -0.2) is 35.2 Å². The fourth-order valence-electron chi connectivity index (χ4n) is 3.28. The Balaban J connectivity index is 2.13. The largest absolute Gasteiger partial charge is 0.389 e. The highest BCUT2D eigenvalue weighted by Gasteiger charge is 2.35. The summed E-state index contributed by atoms with van der Waals surface area (Å²) in [6.07, 6.45) is 4.13. The van der Waals surface area contributed by atoms with Crippen LogP contribution < -0.4 is 5.73 Å². The summed E-state index contributed by atoms with van der Waals surface area (Å²) in [5.74, 6) is 0. The zero-order chi connectivity index (χ0) is 14.0. The summed E-state index contributed by atoms with van der Waals surface area (Å²) in [5.41, 5.74) is 6.99. The molecule has 2 atom stereocenters. The molecule has 0 aromatic carbocycles. The van der Waals surface area contributed by atoms with E-state index in [0.29, 0.717) is 0 Å². The molecule has 0 spiro atoms. The third-order valence-corrected chi connectivity index (χ3v) is 5.31. The SMILES string of the molecule is Cc1ccsc1C(C(C)N)N(C)CC1(O)CCCC1. The van der Waals surface area contributed by atoms with Gasteiger partial charge >= 0.3 is 0 Å². The summed E-state index contributed by atoms with van der Waals surface area (Å²) < 4.78 is 0. The summed E-state index contributed by atoms with van der Waals surface area (Å²) in [6.45, 7) is 4.91. The molecule has 0 radical (unpaired) electrons. The van der Waals surface area contributed by atoms with Crippen LogP contribution in [-0.2, 0) is 0 Å². The van der Waals surface area contributed by atoms with Crippen LogP contribution in [0.2, 0.25) is 0 Å². The Morgan fingerprint density at radius 1 is 1.47 bits per heavy atom. The van der Waals surface area contributed by atoms with Gasteiger partial charge in [-0.1, -0.05) is 12.8 Å². The number of nitrogens with zero attached hydrogens (tertiary/aromatic N) is 1. The number of hydrogen-bond donors (Lipinski definition) is 2. The fourth-order valence-corrected chi connectivity index (χ4v) is 4.49. The molecule has 0 aliphatic heterocycles. The molecule has 1 aromatic rings. The van der Waals surface area contributed by atoms with E-state index >= 15 is 0 Å². The molecule has 0 bridgehead atoms. The lowest BCUT2D eigenvalue weighted by Gasteiger charge is -2.36. The van der Waals surface area contributed by atoms with Crippen LogP contribution in [0.3, 0.4) is 0 Å². The van der Waals surface area contributed by atoms with Gasteiger partial charge in [-0.05, 0) is 50.7 Å². The molecule has 1 aliphatic carbocycles. The zero-order valence-corrected chi connectivity index (χ0v) is 13.0. The molecule has 1 fully saturated rings. The minimum Gasteiger partial charge on any atom is -0.389 e. The van der Waals surface area contributed by atoms with Gasteiger partial charge in [-0.2, -0.15) is 0 Å². The average Bonchev–Trinajstić information content (AvgIpc) is 2.89. The van der Waals surface area contributed by atoms with Crippen molar-refractivity contribution >= 4 is 11.3 Å². The average molecular weight is 282 g/mol. The number of rotatable bonds is 5. The highest BCUT2D eigenvalue weighted by Crippen LogP contribution is 2.35. The summed E-state index contributed by atoms with van der Waals surface area (Å²) >= 11 is 1.77. The van der Waals surface area contributed by atoms with Gasteiger partial charge in [0.1, 0.15) is 0 Å². The van der Waals surface area contributed by atoms with Gasteiger partial charge in [0.05, 0.1) is 11.6 Å². The van der Waals surface area contributed by atoms with E-state index in [4.69, 9.17) is 5.73 Å². The van der Waals surface area contributed by atoms with Crippen LogP contribution in [0.1, 0.15) is 49.1 Å². The molecular weight excluding hydrogens is 256 g/mol. The predicted octanol–water partition coefficient (Wildman–Crippen LogP) is 2.68. The van der Waals surface area contributed by atoms with Gasteiger partial charge < -0.3 is 10.8 Å². The molecule has 4 heteroatoms. The monoisotopic (exact) mass is 282 g/mol. The zero-order valence-electron chi connectivity index (χ0n) is 12.2. The van der Waals surface area contributed by atoms with Crippen LogP contribution in [0.15, 0.2) is 11.4 Å². The minimum atomic E-state index is -0.507. The fraction of sp³-hybridized carbons (Fsp3) is 0.733. The first-order valence-corrected chi connectivity index (χ1v) is 8.03. The second-order valence-corrected chi connectivity index (χ2v) is 7.07. The van der Waals surface area contributed by atoms with Crippen molar-refractivity contribution in [1.29, 1.82) is 0 Å². The minimum absolute atomic E-state index is 0.0624. The van der Waals surface area contributed by atoms with Crippen LogP contribution in [0.4, 0.5) is 0 Å². The lowest BCUT2D eigenvalue weighted by atomic mass is 9.98. The second kappa shape index (κ2) is 5.92. The second-order valence-electron chi connectivity index (χ2n) is 6.12. The van der Waals surface area contributed by atoms with Gasteiger partial charge in [-0.3, -0.25) is 4.90 Å². The van der Waals surface area contributed by atoms with Gasteiger partial charge in [0.15, 0.2) is 0 Å². The Bertz CT molecular complexity index is 410. The molecule has 1 heterocycles. The standard InChI is InChI=1S/C15H26N2OS/c1-11-6-9-19-14(11)13(12(2)16)17(3)10-15(18)7-4-5-8-15/h6,9,12-13,18H,4-5,7-8,10,16H2,1-3H3. The van der Waals surface area contributed by atoms with Crippen molar-refractivity contribution in [3.63, 3.8) is 0 Å². The maximum absolute atomic E-state index is 10.6. The molecule has 3 N–H and O–H groups in total. The van der Waals surface area contributed by atoms with Gasteiger partial charge in [0.25, 0.3) is 0 Å². The van der Waals surface area contributed by atoms with E-state index < -0.39 is 5.60 Å². The molecule has 2 rings (SSSR count). The van der Waals surface area contributed by atoms with E-state index in [1.165, 1.54) is 10.4 Å². The molecule has 19 heavy (non-hydrogen) atoms. The van der Waals surface area contributed by atoms with Crippen LogP contribution in [0.5, 0.6) is 0 Å². The molecule has 0 saturated heterocycles. The van der Waals surface area contributed by atoms with Crippen molar-refractivity contribution in [1.82, 2.24) is 4.90 Å². The van der Waals surface area contributed by atoms with Gasteiger partial charge in [0, 0.05) is 17.5 Å². The van der Waals surface area contributed by atoms with Crippen LogP contribution >= 0.6 is 11.3 Å². The third kappa shape index (κ3) is 3.37. The molecule has 1 aliphatic rings. The molecule has 2 unspecified atom stereocenters. The third-order valence-electron chi connectivity index (χ3n) is 4.22. The van der Waals surface area contributed by atoms with Crippen molar-refractivity contribution in [2.75, 3.05) is 13.6 Å². The smallest absolute Gasteiger partial charge is 0.0774 e. The molecule has 3 nitrogen and oxygen atoms in total. The van der Waals surface area contributed by atoms with E-state index in [2.05, 4.69) is 37.2 Å². The maximum Gasteiger partial charge on any atom is 0.0774 e. The predicted molar refractivity (Wildman–Crippen MR) is 81.5 cm³/mol. The normalized spacial score (nSPS) is 21.8. The topological polar surface area (TPSA) is 49.5 Å². The lowest BCUT2D eigenvalue weighted by Crippen LogP contribution is -2.45. The van der Waals surface area contributed by atoms with Crippen molar-refractivity contribution in [3.8, 4) is 0 Å². The highest BCUT2D eigenvalue weighted by molar-refractivity contribution is 7.10. The van der Waals surface area contributed by atoms with E-state index in [-0.39, 0.29) is 12.1 Å². The van der Waals surface area contributed by atoms with Crippen molar-refractivity contribution in [3.05, 3.63) is 21.9 Å². The Hall–Kier alpha value is -0.420. The summed E-state index contributed by atoms with van der Waals surface area (Å²) in [7, 11) is 2.09. The molecular formula is C15H26N2OS. The van der Waals surface area contributed by atoms with Gasteiger partial charge in [0.2, 0.25) is 0 Å². The van der Waals surface area contributed by atoms with E-state index in [1.54, 1.807) is 11.3 Å². The summed E-state index contributed by atoms with van der Waals surface area (Å²) in [5, 5.41) is 12.7. The van der Waals surface area contributed by atoms with E-state index in [1.807, 2.05) is 0 Å². The summed E-state index contributed by atoms with van der Waals surface area (Å²) in [4.78, 5) is 3.58. The Morgan fingerprint density at radius 2 is 2.11 bits per heavy atom. The Kier molecular flexibility index (Phi) is 4.66. The van der Waals surface area contributed by atoms with E-state index in [0.717, 1.165) is 32.2 Å². The first-order chi connectivity index (χ1) is 8.93. The van der Waals surface area contributed by atoms with E-state index in [9.17, 15) is 5.11 Å². The highest BCUT2D eigenvalue weighted by atomic mass is 32.1. The molecule has 108 valence electrons. The Morgan fingerprint density at radius 3 is 2.58 bits per heavy atom. The van der Waals surface area contributed by atoms with Crippen molar-refractivity contribution < 1.29 is 5.11 Å². The maximum atomic E-state index is 10.6. The molecule has 1 saturated carbocycles. The van der Waals surface area contributed by atoms with Crippen molar-refractivity contribution in [2.24, 2.45) is 5.73 Å². The van der Waals surface area contributed by atoms with Gasteiger partial charge in [-0.25, -0.2) is 0 Å². The van der Waals surface area contributed by atoms with Gasteiger partial charge in [-0.15, -0.1) is 11.3 Å². The quantitative estimate of drug-likeness (QED) is 0.873. The number of thiophene rings is 1. The van der Waals surface area contributed by atoms with Crippen molar-refractivity contribution in [2.45, 2.75) is 57.2 Å². The Labute approximate surface area is 120 Å².